The molecule has 3 atom stereocenters. The average molecular weight is 325 g/mol. The highest BCUT2D eigenvalue weighted by Crippen LogP contribution is 2.50. The second-order valence-electron chi connectivity index (χ2n) is 8.20. The molecule has 1 aromatic rings. The lowest BCUT2D eigenvalue weighted by Crippen LogP contribution is -2.34. The molecule has 0 heteroatoms. The van der Waals surface area contributed by atoms with Crippen LogP contribution in [0.4, 0.5) is 0 Å². The number of aryl methyl sites for hydroxylation is 1. The molecule has 132 valence electrons. The van der Waals surface area contributed by atoms with Crippen LogP contribution in [-0.2, 0) is 0 Å². The number of hydrogen-bond acceptors (Lipinski definition) is 0. The number of hydrogen-bond donors (Lipinski definition) is 0. The third-order valence-electron chi connectivity index (χ3n) is 6.07. The Morgan fingerprint density at radius 1 is 1.21 bits per heavy atom. The van der Waals surface area contributed by atoms with Gasteiger partial charge in [-0.2, -0.15) is 0 Å². The second kappa shape index (κ2) is 8.19. The van der Waals surface area contributed by atoms with E-state index < -0.39 is 0 Å². The molecule has 0 amide bonds. The highest BCUT2D eigenvalue weighted by Gasteiger charge is 2.38. The Hall–Kier alpha value is -1.30. The number of rotatable bonds is 8. The molecule has 0 spiro atoms. The highest BCUT2D eigenvalue weighted by molar-refractivity contribution is 5.69. The van der Waals surface area contributed by atoms with Crippen molar-refractivity contribution in [3.05, 3.63) is 53.6 Å². The van der Waals surface area contributed by atoms with Crippen LogP contribution in [0.15, 0.2) is 36.9 Å². The van der Waals surface area contributed by atoms with Gasteiger partial charge in [-0.05, 0) is 79.0 Å². The molecular weight excluding hydrogens is 288 g/mol. The molecule has 0 heterocycles. The van der Waals surface area contributed by atoms with Crippen molar-refractivity contribution >= 4 is 5.57 Å². The van der Waals surface area contributed by atoms with E-state index >= 15 is 0 Å². The Morgan fingerprint density at radius 3 is 2.42 bits per heavy atom. The largest absolute Gasteiger partial charge is 0.0999 e. The van der Waals surface area contributed by atoms with Crippen LogP contribution in [0.25, 0.3) is 5.57 Å². The van der Waals surface area contributed by atoms with Crippen molar-refractivity contribution in [3.63, 3.8) is 0 Å². The summed E-state index contributed by atoms with van der Waals surface area (Å²) in [7, 11) is 0. The van der Waals surface area contributed by atoms with Crippen LogP contribution < -0.4 is 0 Å². The molecule has 1 saturated carbocycles. The molecule has 1 aliphatic carbocycles. The topological polar surface area (TPSA) is 0 Å². The first-order valence-corrected chi connectivity index (χ1v) is 9.81. The first kappa shape index (κ1) is 19.0. The zero-order valence-electron chi connectivity index (χ0n) is 16.5. The highest BCUT2D eigenvalue weighted by atomic mass is 14.4. The zero-order valence-corrected chi connectivity index (χ0v) is 16.5. The summed E-state index contributed by atoms with van der Waals surface area (Å²) in [4.78, 5) is 0. The standard InChI is InChI=1S/C24H36/c1-8-9-10-21(17(4)5)23-14-13-22(23)19(7)24-15-20(16(2)3)12-11-18(24)6/h11-12,15-16,21-23H,4,7-10,13-14H2,1-3,5-6H3. The normalized spacial score (nSPS) is 21.4. The smallest absolute Gasteiger partial charge is 0.0128 e. The van der Waals surface area contributed by atoms with Crippen LogP contribution in [0.2, 0.25) is 0 Å². The maximum atomic E-state index is 4.55. The molecule has 1 aromatic carbocycles. The summed E-state index contributed by atoms with van der Waals surface area (Å²) in [5, 5.41) is 0. The van der Waals surface area contributed by atoms with Gasteiger partial charge in [0.25, 0.3) is 0 Å². The van der Waals surface area contributed by atoms with Gasteiger partial charge in [0.15, 0.2) is 0 Å². The van der Waals surface area contributed by atoms with Gasteiger partial charge >= 0.3 is 0 Å². The van der Waals surface area contributed by atoms with Crippen molar-refractivity contribution in [1.82, 2.24) is 0 Å². The fraction of sp³-hybridized carbons (Fsp3) is 0.583. The van der Waals surface area contributed by atoms with Crippen LogP contribution in [0.1, 0.15) is 82.4 Å². The molecule has 24 heavy (non-hydrogen) atoms. The van der Waals surface area contributed by atoms with E-state index in [1.165, 1.54) is 59.9 Å². The van der Waals surface area contributed by atoms with Crippen LogP contribution in [-0.4, -0.2) is 0 Å². The van der Waals surface area contributed by atoms with Crippen molar-refractivity contribution in [2.24, 2.45) is 17.8 Å². The zero-order chi connectivity index (χ0) is 17.9. The quantitative estimate of drug-likeness (QED) is 0.433. The molecule has 1 aliphatic rings. The Labute approximate surface area is 150 Å². The van der Waals surface area contributed by atoms with E-state index in [-0.39, 0.29) is 0 Å². The Balaban J connectivity index is 2.20. The summed E-state index contributed by atoms with van der Waals surface area (Å²) < 4.78 is 0. The lowest BCUT2D eigenvalue weighted by molar-refractivity contribution is 0.162. The minimum Gasteiger partial charge on any atom is -0.0999 e. The van der Waals surface area contributed by atoms with Gasteiger partial charge in [-0.15, -0.1) is 0 Å². The summed E-state index contributed by atoms with van der Waals surface area (Å²) in [5.41, 5.74) is 6.94. The van der Waals surface area contributed by atoms with Crippen molar-refractivity contribution < 1.29 is 0 Å². The predicted octanol–water partition coefficient (Wildman–Crippen LogP) is 7.54. The first-order chi connectivity index (χ1) is 11.4. The number of benzene rings is 1. The maximum Gasteiger partial charge on any atom is -0.0128 e. The third-order valence-corrected chi connectivity index (χ3v) is 6.07. The minimum atomic E-state index is 0.571. The summed E-state index contributed by atoms with van der Waals surface area (Å²) in [5.74, 6) is 2.64. The minimum absolute atomic E-state index is 0.571. The predicted molar refractivity (Wildman–Crippen MR) is 108 cm³/mol. The van der Waals surface area contributed by atoms with E-state index in [2.05, 4.69) is 66.0 Å². The van der Waals surface area contributed by atoms with Gasteiger partial charge in [0.05, 0.1) is 0 Å². The fourth-order valence-corrected chi connectivity index (χ4v) is 4.23. The van der Waals surface area contributed by atoms with Gasteiger partial charge in [0.2, 0.25) is 0 Å². The van der Waals surface area contributed by atoms with Gasteiger partial charge in [0, 0.05) is 0 Å². The van der Waals surface area contributed by atoms with E-state index in [0.717, 1.165) is 5.92 Å². The summed E-state index contributed by atoms with van der Waals surface area (Å²) in [6, 6.07) is 6.93. The molecule has 0 saturated heterocycles. The lowest BCUT2D eigenvalue weighted by Gasteiger charge is -2.44. The molecule has 0 aromatic heterocycles. The van der Waals surface area contributed by atoms with Crippen molar-refractivity contribution in [2.75, 3.05) is 0 Å². The first-order valence-electron chi connectivity index (χ1n) is 9.81. The van der Waals surface area contributed by atoms with Gasteiger partial charge in [0.1, 0.15) is 0 Å². The van der Waals surface area contributed by atoms with Crippen LogP contribution in [0.3, 0.4) is 0 Å². The Morgan fingerprint density at radius 2 is 1.92 bits per heavy atom. The summed E-state index contributed by atoms with van der Waals surface area (Å²) in [6.07, 6.45) is 6.52. The van der Waals surface area contributed by atoms with Crippen LogP contribution in [0, 0.1) is 24.7 Å². The van der Waals surface area contributed by atoms with E-state index in [0.29, 0.717) is 17.8 Å². The molecule has 0 nitrogen and oxygen atoms in total. The number of unbranched alkanes of at least 4 members (excludes halogenated alkanes) is 1. The SMILES string of the molecule is C=C(C)C(CCCC)C1CCC1C(=C)c1cc(C(C)C)ccc1C. The van der Waals surface area contributed by atoms with Gasteiger partial charge in [-0.25, -0.2) is 0 Å². The van der Waals surface area contributed by atoms with E-state index in [9.17, 15) is 0 Å². The van der Waals surface area contributed by atoms with E-state index in [1.807, 2.05) is 0 Å². The molecule has 0 aliphatic heterocycles. The van der Waals surface area contributed by atoms with E-state index in [1.54, 1.807) is 0 Å². The van der Waals surface area contributed by atoms with Gasteiger partial charge in [-0.1, -0.05) is 70.5 Å². The fourth-order valence-electron chi connectivity index (χ4n) is 4.23. The summed E-state index contributed by atoms with van der Waals surface area (Å²) >= 11 is 0. The van der Waals surface area contributed by atoms with Crippen LogP contribution in [0.5, 0.6) is 0 Å². The van der Waals surface area contributed by atoms with E-state index in [4.69, 9.17) is 0 Å². The maximum absolute atomic E-state index is 4.55. The molecule has 0 bridgehead atoms. The molecular formula is C24H36. The third kappa shape index (κ3) is 4.02. The Bertz CT molecular complexity index is 590. The molecule has 0 radical (unpaired) electrons. The Kier molecular flexibility index (Phi) is 6.49. The number of allylic oxidation sites excluding steroid dienone is 2. The van der Waals surface area contributed by atoms with Crippen LogP contribution >= 0.6 is 0 Å². The summed E-state index contributed by atoms with van der Waals surface area (Å²) in [6.45, 7) is 20.1. The molecule has 2 rings (SSSR count). The molecule has 3 unspecified atom stereocenters. The average Bonchev–Trinajstić information content (AvgIpc) is 2.49. The van der Waals surface area contributed by atoms with Crippen molar-refractivity contribution in [1.29, 1.82) is 0 Å². The lowest BCUT2D eigenvalue weighted by atomic mass is 9.61. The second-order valence-corrected chi connectivity index (χ2v) is 8.20. The molecule has 0 N–H and O–H groups in total. The monoisotopic (exact) mass is 324 g/mol. The van der Waals surface area contributed by atoms with Gasteiger partial charge in [-0.3, -0.25) is 0 Å². The molecule has 1 fully saturated rings. The van der Waals surface area contributed by atoms with Gasteiger partial charge < -0.3 is 0 Å². The van der Waals surface area contributed by atoms with Crippen molar-refractivity contribution in [2.45, 2.75) is 72.6 Å². The van der Waals surface area contributed by atoms with Crippen molar-refractivity contribution in [3.8, 4) is 0 Å².